The largest absolute Gasteiger partial charge is 0.491 e. The predicted molar refractivity (Wildman–Crippen MR) is 74.0 cm³/mol. The van der Waals surface area contributed by atoms with E-state index in [4.69, 9.17) is 9.39 Å². The summed E-state index contributed by atoms with van der Waals surface area (Å²) in [5, 5.41) is 20.2. The second-order valence-corrected chi connectivity index (χ2v) is 6.06. The van der Waals surface area contributed by atoms with Crippen LogP contribution >= 0.6 is 0 Å². The van der Waals surface area contributed by atoms with Gasteiger partial charge in [-0.1, -0.05) is 18.2 Å². The highest BCUT2D eigenvalue weighted by molar-refractivity contribution is 6.60. The fourth-order valence-corrected chi connectivity index (χ4v) is 1.84. The standard InChI is InChI=1S/C14H21BO4/c1-13(2,16)14(3,4)19-15(17)12-6-5-10-8-18-9-11(10)7-12/h5-7,16-17H,8-9H2,1-4H3. The van der Waals surface area contributed by atoms with Crippen molar-refractivity contribution < 1.29 is 19.5 Å². The molecule has 0 radical (unpaired) electrons. The zero-order valence-electron chi connectivity index (χ0n) is 11.9. The van der Waals surface area contributed by atoms with E-state index >= 15 is 0 Å². The molecule has 4 nitrogen and oxygen atoms in total. The van der Waals surface area contributed by atoms with E-state index in [2.05, 4.69) is 0 Å². The third-order valence-electron chi connectivity index (χ3n) is 3.91. The van der Waals surface area contributed by atoms with Gasteiger partial charge in [-0.05, 0) is 44.3 Å². The van der Waals surface area contributed by atoms with Gasteiger partial charge in [-0.3, -0.25) is 0 Å². The Morgan fingerprint density at radius 1 is 1.16 bits per heavy atom. The van der Waals surface area contributed by atoms with Gasteiger partial charge in [-0.2, -0.15) is 0 Å². The number of hydrogen-bond donors (Lipinski definition) is 2. The number of hydrogen-bond acceptors (Lipinski definition) is 4. The molecule has 0 bridgehead atoms. The van der Waals surface area contributed by atoms with Gasteiger partial charge in [0.05, 0.1) is 24.4 Å². The lowest BCUT2D eigenvalue weighted by Gasteiger charge is -2.38. The summed E-state index contributed by atoms with van der Waals surface area (Å²) in [5.74, 6) is 0. The summed E-state index contributed by atoms with van der Waals surface area (Å²) in [5.41, 5.74) is 1.01. The summed E-state index contributed by atoms with van der Waals surface area (Å²) in [7, 11) is -1.06. The van der Waals surface area contributed by atoms with E-state index in [0.717, 1.165) is 11.1 Å². The second-order valence-electron chi connectivity index (χ2n) is 6.06. The van der Waals surface area contributed by atoms with E-state index in [1.807, 2.05) is 18.2 Å². The molecule has 0 spiro atoms. The fraction of sp³-hybridized carbons (Fsp3) is 0.571. The summed E-state index contributed by atoms with van der Waals surface area (Å²) in [6, 6.07) is 5.67. The van der Waals surface area contributed by atoms with Gasteiger partial charge < -0.3 is 19.5 Å². The maximum atomic E-state index is 10.2. The first kappa shape index (κ1) is 14.5. The lowest BCUT2D eigenvalue weighted by Crippen LogP contribution is -2.53. The van der Waals surface area contributed by atoms with Gasteiger partial charge in [0.1, 0.15) is 0 Å². The predicted octanol–water partition coefficient (Wildman–Crippen LogP) is 0.970. The highest BCUT2D eigenvalue weighted by Crippen LogP contribution is 2.25. The number of rotatable bonds is 4. The van der Waals surface area contributed by atoms with Crippen LogP contribution in [0.1, 0.15) is 38.8 Å². The van der Waals surface area contributed by atoms with Crippen molar-refractivity contribution in [3.63, 3.8) is 0 Å². The molecule has 0 unspecified atom stereocenters. The minimum absolute atomic E-state index is 0.574. The molecule has 1 aromatic carbocycles. The Hall–Kier alpha value is -0.875. The van der Waals surface area contributed by atoms with Crippen LogP contribution in [0.5, 0.6) is 0 Å². The first-order chi connectivity index (χ1) is 8.71. The number of aliphatic hydroxyl groups is 1. The van der Waals surface area contributed by atoms with Gasteiger partial charge in [0.25, 0.3) is 0 Å². The van der Waals surface area contributed by atoms with Crippen LogP contribution in [0.4, 0.5) is 0 Å². The summed E-state index contributed by atoms with van der Waals surface area (Å²) in [6.45, 7) is 8.04. The van der Waals surface area contributed by atoms with Crippen LogP contribution in [-0.2, 0) is 22.6 Å². The van der Waals surface area contributed by atoms with E-state index in [0.29, 0.717) is 18.7 Å². The molecule has 1 aliphatic heterocycles. The molecular formula is C14H21BO4. The molecule has 104 valence electrons. The molecule has 2 rings (SSSR count). The van der Waals surface area contributed by atoms with Crippen LogP contribution in [-0.4, -0.2) is 28.5 Å². The van der Waals surface area contributed by atoms with Gasteiger partial charge in [0.15, 0.2) is 0 Å². The lowest BCUT2D eigenvalue weighted by atomic mass is 9.75. The minimum atomic E-state index is -1.06. The molecule has 0 aliphatic carbocycles. The van der Waals surface area contributed by atoms with Crippen molar-refractivity contribution in [2.45, 2.75) is 52.1 Å². The molecule has 0 amide bonds. The van der Waals surface area contributed by atoms with E-state index in [-0.39, 0.29) is 0 Å². The normalized spacial score (nSPS) is 15.5. The Bertz CT molecular complexity index is 465. The average Bonchev–Trinajstić information content (AvgIpc) is 2.73. The fourth-order valence-electron chi connectivity index (χ4n) is 1.84. The van der Waals surface area contributed by atoms with Crippen molar-refractivity contribution in [3.8, 4) is 0 Å². The summed E-state index contributed by atoms with van der Waals surface area (Å²) in [6.07, 6.45) is 0. The van der Waals surface area contributed by atoms with Crippen LogP contribution in [0.3, 0.4) is 0 Å². The number of benzene rings is 1. The molecule has 1 aliphatic rings. The Morgan fingerprint density at radius 2 is 1.79 bits per heavy atom. The van der Waals surface area contributed by atoms with Gasteiger partial charge in [0, 0.05) is 0 Å². The molecule has 1 heterocycles. The Kier molecular flexibility index (Phi) is 3.75. The molecule has 2 N–H and O–H groups in total. The molecule has 5 heteroatoms. The maximum Gasteiger partial charge on any atom is 0.491 e. The van der Waals surface area contributed by atoms with Crippen molar-refractivity contribution in [1.82, 2.24) is 0 Å². The Labute approximate surface area is 114 Å². The quantitative estimate of drug-likeness (QED) is 0.795. The summed E-state index contributed by atoms with van der Waals surface area (Å²) < 4.78 is 11.0. The van der Waals surface area contributed by atoms with Crippen molar-refractivity contribution in [3.05, 3.63) is 29.3 Å². The minimum Gasteiger partial charge on any atom is -0.423 e. The van der Waals surface area contributed by atoms with Crippen molar-refractivity contribution >= 4 is 12.6 Å². The third-order valence-corrected chi connectivity index (χ3v) is 3.91. The van der Waals surface area contributed by atoms with Crippen molar-refractivity contribution in [2.24, 2.45) is 0 Å². The SMILES string of the molecule is CC(C)(O)C(C)(C)OB(O)c1ccc2c(c1)COC2. The molecule has 0 aromatic heterocycles. The average molecular weight is 264 g/mol. The van der Waals surface area contributed by atoms with E-state index in [1.165, 1.54) is 0 Å². The summed E-state index contributed by atoms with van der Waals surface area (Å²) >= 11 is 0. The first-order valence-electron chi connectivity index (χ1n) is 6.48. The van der Waals surface area contributed by atoms with Gasteiger partial charge in [-0.25, -0.2) is 0 Å². The molecule has 0 atom stereocenters. The molecule has 1 aromatic rings. The van der Waals surface area contributed by atoms with Gasteiger partial charge >= 0.3 is 7.12 Å². The number of fused-ring (bicyclic) bond motifs is 1. The first-order valence-corrected chi connectivity index (χ1v) is 6.48. The van der Waals surface area contributed by atoms with Crippen LogP contribution in [0.15, 0.2) is 18.2 Å². The third kappa shape index (κ3) is 3.00. The Morgan fingerprint density at radius 3 is 2.42 bits per heavy atom. The topological polar surface area (TPSA) is 58.9 Å². The Balaban J connectivity index is 2.14. The van der Waals surface area contributed by atoms with Crippen molar-refractivity contribution in [1.29, 1.82) is 0 Å². The maximum absolute atomic E-state index is 10.2. The van der Waals surface area contributed by atoms with Crippen LogP contribution in [0, 0.1) is 0 Å². The molecule has 0 saturated carbocycles. The van der Waals surface area contributed by atoms with Gasteiger partial charge in [0.2, 0.25) is 0 Å². The number of ether oxygens (including phenoxy) is 1. The summed E-state index contributed by atoms with van der Waals surface area (Å²) in [4.78, 5) is 0. The zero-order chi connectivity index (χ0) is 14.3. The van der Waals surface area contributed by atoms with E-state index in [9.17, 15) is 10.1 Å². The monoisotopic (exact) mass is 264 g/mol. The highest BCUT2D eigenvalue weighted by Gasteiger charge is 2.39. The highest BCUT2D eigenvalue weighted by atomic mass is 16.5. The van der Waals surface area contributed by atoms with Crippen molar-refractivity contribution in [2.75, 3.05) is 0 Å². The molecule has 0 saturated heterocycles. The molecule has 0 fully saturated rings. The molecular weight excluding hydrogens is 243 g/mol. The van der Waals surface area contributed by atoms with Crippen LogP contribution < -0.4 is 5.46 Å². The van der Waals surface area contributed by atoms with Crippen LogP contribution in [0.25, 0.3) is 0 Å². The van der Waals surface area contributed by atoms with Gasteiger partial charge in [-0.15, -0.1) is 0 Å². The smallest absolute Gasteiger partial charge is 0.423 e. The molecule has 19 heavy (non-hydrogen) atoms. The van der Waals surface area contributed by atoms with E-state index < -0.39 is 18.3 Å². The van der Waals surface area contributed by atoms with Crippen LogP contribution in [0.2, 0.25) is 0 Å². The second kappa shape index (κ2) is 4.91. The van der Waals surface area contributed by atoms with E-state index in [1.54, 1.807) is 27.7 Å². The lowest BCUT2D eigenvalue weighted by molar-refractivity contribution is -0.0982. The zero-order valence-corrected chi connectivity index (χ0v) is 11.9.